The molecule has 1 aliphatic rings. The van der Waals surface area contributed by atoms with Crippen molar-refractivity contribution in [2.24, 2.45) is 0 Å². The first-order valence-electron chi connectivity index (χ1n) is 10.7. The van der Waals surface area contributed by atoms with Gasteiger partial charge in [-0.05, 0) is 43.4 Å². The van der Waals surface area contributed by atoms with Gasteiger partial charge >= 0.3 is 0 Å². The highest BCUT2D eigenvalue weighted by molar-refractivity contribution is 6.18. The molecule has 0 radical (unpaired) electrons. The van der Waals surface area contributed by atoms with Gasteiger partial charge in [0.1, 0.15) is 5.75 Å². The number of likely N-dealkylation sites (N-methyl/N-ethyl adjacent to an activating group) is 1. The summed E-state index contributed by atoms with van der Waals surface area (Å²) in [6.45, 7) is 4.07. The SMILES string of the molecule is CN1CCN(c2ccc(Nc3nc(Oc4cccc([N+](=O)[O-])c4)c4ccn(Cl)c4n3)cc2)CC1. The molecule has 11 heteroatoms. The van der Waals surface area contributed by atoms with Crippen LogP contribution in [0.5, 0.6) is 11.6 Å². The second kappa shape index (κ2) is 9.16. The number of nitro benzene ring substituents is 1. The topological polar surface area (TPSA) is 102 Å². The van der Waals surface area contributed by atoms with Crippen LogP contribution in [0.1, 0.15) is 0 Å². The summed E-state index contributed by atoms with van der Waals surface area (Å²) >= 11 is 6.25. The van der Waals surface area contributed by atoms with Gasteiger partial charge in [0.05, 0.1) is 16.4 Å². The Kier molecular flexibility index (Phi) is 5.91. The quantitative estimate of drug-likeness (QED) is 0.315. The Morgan fingerprint density at radius 1 is 1.06 bits per heavy atom. The zero-order chi connectivity index (χ0) is 23.7. The molecule has 2 aromatic carbocycles. The van der Waals surface area contributed by atoms with Crippen LogP contribution in [0, 0.1) is 10.1 Å². The van der Waals surface area contributed by atoms with Crippen LogP contribution in [-0.4, -0.2) is 57.1 Å². The lowest BCUT2D eigenvalue weighted by atomic mass is 10.2. The van der Waals surface area contributed by atoms with E-state index in [2.05, 4.69) is 44.3 Å². The Labute approximate surface area is 200 Å². The van der Waals surface area contributed by atoms with Gasteiger partial charge in [0.15, 0.2) is 5.65 Å². The zero-order valence-corrected chi connectivity index (χ0v) is 19.1. The van der Waals surface area contributed by atoms with E-state index in [0.717, 1.165) is 31.9 Å². The number of hydrogen-bond donors (Lipinski definition) is 1. The van der Waals surface area contributed by atoms with Crippen LogP contribution in [0.2, 0.25) is 0 Å². The molecule has 1 saturated heterocycles. The lowest BCUT2D eigenvalue weighted by Gasteiger charge is -2.34. The standard InChI is InChI=1S/C23H22ClN7O3/c1-28-11-13-29(14-12-28)17-7-5-16(6-8-17)25-23-26-21-20(9-10-30(21)24)22(27-23)34-19-4-2-3-18(15-19)31(32)33/h2-10,15H,11-14H2,1H3,(H,25,26,27). The highest BCUT2D eigenvalue weighted by atomic mass is 35.5. The molecule has 0 amide bonds. The molecule has 0 spiro atoms. The number of non-ortho nitro benzene ring substituents is 1. The van der Waals surface area contributed by atoms with Crippen LogP contribution in [0.3, 0.4) is 0 Å². The van der Waals surface area contributed by atoms with Crippen LogP contribution < -0.4 is 15.0 Å². The summed E-state index contributed by atoms with van der Waals surface area (Å²) in [5.41, 5.74) is 2.36. The van der Waals surface area contributed by atoms with E-state index in [4.69, 9.17) is 16.5 Å². The molecule has 1 N–H and O–H groups in total. The minimum Gasteiger partial charge on any atom is -0.438 e. The smallest absolute Gasteiger partial charge is 0.273 e. The molecular weight excluding hydrogens is 458 g/mol. The molecule has 0 bridgehead atoms. The van der Waals surface area contributed by atoms with E-state index >= 15 is 0 Å². The highest BCUT2D eigenvalue weighted by Crippen LogP contribution is 2.32. The lowest BCUT2D eigenvalue weighted by Crippen LogP contribution is -2.44. The van der Waals surface area contributed by atoms with Crippen molar-refractivity contribution >= 4 is 45.8 Å². The number of nitrogens with zero attached hydrogens (tertiary/aromatic N) is 6. The maximum Gasteiger partial charge on any atom is 0.273 e. The van der Waals surface area contributed by atoms with Crippen molar-refractivity contribution in [2.75, 3.05) is 43.4 Å². The van der Waals surface area contributed by atoms with Gasteiger partial charge in [-0.1, -0.05) is 6.07 Å². The van der Waals surface area contributed by atoms with Gasteiger partial charge < -0.3 is 19.9 Å². The molecule has 174 valence electrons. The minimum absolute atomic E-state index is 0.0727. The zero-order valence-electron chi connectivity index (χ0n) is 18.4. The van der Waals surface area contributed by atoms with E-state index in [9.17, 15) is 10.1 Å². The molecule has 5 rings (SSSR count). The van der Waals surface area contributed by atoms with Crippen LogP contribution in [-0.2, 0) is 0 Å². The van der Waals surface area contributed by atoms with E-state index in [-0.39, 0.29) is 11.6 Å². The first-order valence-corrected chi connectivity index (χ1v) is 11.1. The fraction of sp³-hybridized carbons (Fsp3) is 0.217. The van der Waals surface area contributed by atoms with Gasteiger partial charge in [-0.2, -0.15) is 9.97 Å². The number of nitrogens with one attached hydrogen (secondary N) is 1. The van der Waals surface area contributed by atoms with Crippen LogP contribution >= 0.6 is 11.8 Å². The monoisotopic (exact) mass is 479 g/mol. The molecule has 34 heavy (non-hydrogen) atoms. The molecule has 0 aliphatic carbocycles. The fourth-order valence-corrected chi connectivity index (χ4v) is 4.00. The van der Waals surface area contributed by atoms with Crippen molar-refractivity contribution in [1.82, 2.24) is 19.0 Å². The number of nitro groups is 1. The van der Waals surface area contributed by atoms with Crippen LogP contribution in [0.4, 0.5) is 23.0 Å². The summed E-state index contributed by atoms with van der Waals surface area (Å²) in [7, 11) is 2.13. The van der Waals surface area contributed by atoms with Gasteiger partial charge in [0, 0.05) is 61.6 Å². The van der Waals surface area contributed by atoms with Crippen molar-refractivity contribution in [3.63, 3.8) is 0 Å². The number of fused-ring (bicyclic) bond motifs is 1. The highest BCUT2D eigenvalue weighted by Gasteiger charge is 2.16. The Bertz CT molecular complexity index is 1330. The summed E-state index contributed by atoms with van der Waals surface area (Å²) in [5, 5.41) is 14.9. The largest absolute Gasteiger partial charge is 0.438 e. The van der Waals surface area contributed by atoms with Gasteiger partial charge in [0.2, 0.25) is 11.8 Å². The average molecular weight is 480 g/mol. The van der Waals surface area contributed by atoms with Crippen LogP contribution in [0.25, 0.3) is 11.0 Å². The third-order valence-electron chi connectivity index (χ3n) is 5.70. The normalized spacial score (nSPS) is 14.4. The Morgan fingerprint density at radius 3 is 2.56 bits per heavy atom. The van der Waals surface area contributed by atoms with Crippen molar-refractivity contribution < 1.29 is 9.66 Å². The first-order chi connectivity index (χ1) is 16.5. The molecular formula is C23H22ClN7O3. The van der Waals surface area contributed by atoms with E-state index in [1.54, 1.807) is 24.4 Å². The maximum absolute atomic E-state index is 11.1. The van der Waals surface area contributed by atoms with Crippen molar-refractivity contribution in [2.45, 2.75) is 0 Å². The minimum atomic E-state index is -0.476. The Hall–Kier alpha value is -3.89. The Balaban J connectivity index is 1.40. The number of piperazine rings is 1. The third kappa shape index (κ3) is 4.59. The summed E-state index contributed by atoms with van der Waals surface area (Å²) in [6, 6.07) is 15.7. The van der Waals surface area contributed by atoms with Crippen molar-refractivity contribution in [3.05, 3.63) is 70.9 Å². The third-order valence-corrected chi connectivity index (χ3v) is 5.97. The number of ether oxygens (including phenoxy) is 1. The van der Waals surface area contributed by atoms with Crippen molar-refractivity contribution in [1.29, 1.82) is 0 Å². The molecule has 1 fully saturated rings. The summed E-state index contributed by atoms with van der Waals surface area (Å²) in [4.78, 5) is 24.3. The van der Waals surface area contributed by atoms with E-state index in [1.165, 1.54) is 21.9 Å². The number of benzene rings is 2. The van der Waals surface area contributed by atoms with E-state index < -0.39 is 4.92 Å². The lowest BCUT2D eigenvalue weighted by molar-refractivity contribution is -0.384. The second-order valence-corrected chi connectivity index (χ2v) is 8.40. The van der Waals surface area contributed by atoms with Gasteiger partial charge in [-0.3, -0.25) is 10.1 Å². The molecule has 4 aromatic rings. The first kappa shape index (κ1) is 21.9. The number of rotatable bonds is 6. The number of aromatic nitrogens is 3. The molecule has 1 aliphatic heterocycles. The summed E-state index contributed by atoms with van der Waals surface area (Å²) in [5.74, 6) is 0.821. The Morgan fingerprint density at radius 2 is 1.82 bits per heavy atom. The van der Waals surface area contributed by atoms with Crippen molar-refractivity contribution in [3.8, 4) is 11.6 Å². The fourth-order valence-electron chi connectivity index (χ4n) is 3.81. The molecule has 0 saturated carbocycles. The number of hydrogen-bond acceptors (Lipinski definition) is 8. The summed E-state index contributed by atoms with van der Waals surface area (Å²) < 4.78 is 7.25. The van der Waals surface area contributed by atoms with Gasteiger partial charge in [-0.15, -0.1) is 0 Å². The molecule has 0 atom stereocenters. The summed E-state index contributed by atoms with van der Waals surface area (Å²) in [6.07, 6.45) is 1.63. The predicted octanol–water partition coefficient (Wildman–Crippen LogP) is 4.63. The molecule has 3 heterocycles. The number of anilines is 3. The average Bonchev–Trinajstić information content (AvgIpc) is 3.21. The van der Waals surface area contributed by atoms with Crippen LogP contribution in [0.15, 0.2) is 60.8 Å². The van der Waals surface area contributed by atoms with Gasteiger partial charge in [-0.25, -0.2) is 4.09 Å². The molecule has 0 unspecified atom stereocenters. The second-order valence-electron chi connectivity index (χ2n) is 8.04. The van der Waals surface area contributed by atoms with Gasteiger partial charge in [0.25, 0.3) is 5.69 Å². The van der Waals surface area contributed by atoms with E-state index in [0.29, 0.717) is 22.7 Å². The maximum atomic E-state index is 11.1. The van der Waals surface area contributed by atoms with E-state index in [1.807, 2.05) is 12.1 Å². The molecule has 10 nitrogen and oxygen atoms in total. The predicted molar refractivity (Wildman–Crippen MR) is 131 cm³/mol. The molecule has 2 aromatic heterocycles. The number of halogens is 1.